The van der Waals surface area contributed by atoms with Crippen LogP contribution in [-0.2, 0) is 14.8 Å². The van der Waals surface area contributed by atoms with E-state index in [1.165, 1.54) is 4.31 Å². The molecular weight excluding hydrogens is 382 g/mol. The molecule has 1 fully saturated rings. The molecule has 0 N–H and O–H groups in total. The lowest BCUT2D eigenvalue weighted by molar-refractivity contribution is 0.0730. The van der Waals surface area contributed by atoms with Gasteiger partial charge in [-0.15, -0.1) is 0 Å². The fourth-order valence-electron chi connectivity index (χ4n) is 2.98. The van der Waals surface area contributed by atoms with Crippen LogP contribution >= 0.6 is 0 Å². The molecule has 1 aromatic heterocycles. The summed E-state index contributed by atoms with van der Waals surface area (Å²) in [6, 6.07) is 13.8. The SMILES string of the molecule is COc1ccccc1-c1nc(-c2ccc(S(=O)(=O)N3CCOCC3)cc2)no1. The zero-order chi connectivity index (χ0) is 19.6. The molecule has 1 saturated heterocycles. The van der Waals surface area contributed by atoms with Crippen molar-refractivity contribution in [3.05, 3.63) is 48.5 Å². The highest BCUT2D eigenvalue weighted by atomic mass is 32.2. The van der Waals surface area contributed by atoms with E-state index in [1.807, 2.05) is 24.3 Å². The predicted molar refractivity (Wildman–Crippen MR) is 101 cm³/mol. The van der Waals surface area contributed by atoms with E-state index in [1.54, 1.807) is 31.4 Å². The number of para-hydroxylation sites is 1. The minimum Gasteiger partial charge on any atom is -0.496 e. The zero-order valence-corrected chi connectivity index (χ0v) is 16.1. The molecule has 1 aliphatic heterocycles. The van der Waals surface area contributed by atoms with Gasteiger partial charge in [0.2, 0.25) is 15.8 Å². The first-order chi connectivity index (χ1) is 13.6. The molecule has 0 unspecified atom stereocenters. The van der Waals surface area contributed by atoms with Crippen molar-refractivity contribution in [3.63, 3.8) is 0 Å². The van der Waals surface area contributed by atoms with Gasteiger partial charge in [0.15, 0.2) is 0 Å². The molecule has 2 aromatic carbocycles. The van der Waals surface area contributed by atoms with Crippen molar-refractivity contribution in [2.24, 2.45) is 0 Å². The second kappa shape index (κ2) is 7.70. The van der Waals surface area contributed by atoms with Crippen LogP contribution < -0.4 is 4.74 Å². The maximum atomic E-state index is 12.7. The van der Waals surface area contributed by atoms with Crippen LogP contribution in [0.15, 0.2) is 57.9 Å². The Morgan fingerprint density at radius 1 is 1.04 bits per heavy atom. The molecule has 2 heterocycles. The largest absolute Gasteiger partial charge is 0.496 e. The Kier molecular flexibility index (Phi) is 5.12. The molecule has 8 nitrogen and oxygen atoms in total. The molecule has 0 bridgehead atoms. The van der Waals surface area contributed by atoms with Gasteiger partial charge < -0.3 is 14.0 Å². The first-order valence-corrected chi connectivity index (χ1v) is 10.2. The molecule has 28 heavy (non-hydrogen) atoms. The van der Waals surface area contributed by atoms with Gasteiger partial charge in [-0.25, -0.2) is 8.42 Å². The van der Waals surface area contributed by atoms with Crippen molar-refractivity contribution in [1.29, 1.82) is 0 Å². The second-order valence-corrected chi connectivity index (χ2v) is 8.10. The normalized spacial score (nSPS) is 15.5. The van der Waals surface area contributed by atoms with Crippen LogP contribution in [0, 0.1) is 0 Å². The summed E-state index contributed by atoms with van der Waals surface area (Å²) < 4.78 is 42.7. The van der Waals surface area contributed by atoms with Gasteiger partial charge in [0, 0.05) is 18.7 Å². The summed E-state index contributed by atoms with van der Waals surface area (Å²) in [5.74, 6) is 1.33. The van der Waals surface area contributed by atoms with Crippen LogP contribution in [0.1, 0.15) is 0 Å². The van der Waals surface area contributed by atoms with Crippen molar-refractivity contribution < 1.29 is 22.4 Å². The number of morpholine rings is 1. The van der Waals surface area contributed by atoms with Crippen LogP contribution in [0.25, 0.3) is 22.8 Å². The highest BCUT2D eigenvalue weighted by Crippen LogP contribution is 2.30. The van der Waals surface area contributed by atoms with E-state index >= 15 is 0 Å². The molecule has 4 rings (SSSR count). The van der Waals surface area contributed by atoms with Crippen LogP contribution in [-0.4, -0.2) is 56.3 Å². The maximum absolute atomic E-state index is 12.7. The fourth-order valence-corrected chi connectivity index (χ4v) is 4.39. The maximum Gasteiger partial charge on any atom is 0.262 e. The van der Waals surface area contributed by atoms with Crippen molar-refractivity contribution in [2.45, 2.75) is 4.90 Å². The van der Waals surface area contributed by atoms with Gasteiger partial charge in [0.05, 0.1) is 30.8 Å². The standard InChI is InChI=1S/C19H19N3O5S/c1-25-17-5-3-2-4-16(17)19-20-18(21-27-19)14-6-8-15(9-7-14)28(23,24)22-10-12-26-13-11-22/h2-9H,10-13H2,1H3. The van der Waals surface area contributed by atoms with Crippen LogP contribution in [0.5, 0.6) is 5.75 Å². The van der Waals surface area contributed by atoms with Crippen molar-refractivity contribution >= 4 is 10.0 Å². The molecule has 0 aliphatic carbocycles. The number of aromatic nitrogens is 2. The summed E-state index contributed by atoms with van der Waals surface area (Å²) in [5, 5.41) is 4.00. The molecule has 3 aromatic rings. The Labute approximate surface area is 162 Å². The highest BCUT2D eigenvalue weighted by molar-refractivity contribution is 7.89. The summed E-state index contributed by atoms with van der Waals surface area (Å²) in [7, 11) is -1.96. The average Bonchev–Trinajstić information content (AvgIpc) is 3.24. The third kappa shape index (κ3) is 3.51. The first-order valence-electron chi connectivity index (χ1n) is 8.75. The van der Waals surface area contributed by atoms with Gasteiger partial charge in [-0.3, -0.25) is 0 Å². The summed E-state index contributed by atoms with van der Waals surface area (Å²) in [6.45, 7) is 1.53. The molecule has 1 aliphatic rings. The van der Waals surface area contributed by atoms with Crippen molar-refractivity contribution in [3.8, 4) is 28.6 Å². The van der Waals surface area contributed by atoms with E-state index in [2.05, 4.69) is 10.1 Å². The van der Waals surface area contributed by atoms with Crippen LogP contribution in [0.4, 0.5) is 0 Å². The first kappa shape index (κ1) is 18.6. The number of benzene rings is 2. The number of ether oxygens (including phenoxy) is 2. The smallest absolute Gasteiger partial charge is 0.262 e. The number of sulfonamides is 1. The lowest BCUT2D eigenvalue weighted by Gasteiger charge is -2.26. The van der Waals surface area contributed by atoms with Crippen LogP contribution in [0.3, 0.4) is 0 Å². The van der Waals surface area contributed by atoms with Crippen molar-refractivity contribution in [1.82, 2.24) is 14.4 Å². The Morgan fingerprint density at radius 2 is 1.75 bits per heavy atom. The Balaban J connectivity index is 1.59. The van der Waals surface area contributed by atoms with Gasteiger partial charge in [0.25, 0.3) is 5.89 Å². The number of methoxy groups -OCH3 is 1. The van der Waals surface area contributed by atoms with Crippen molar-refractivity contribution in [2.75, 3.05) is 33.4 Å². The Bertz CT molecular complexity index is 1060. The topological polar surface area (TPSA) is 94.8 Å². The van der Waals surface area contributed by atoms with Crippen LogP contribution in [0.2, 0.25) is 0 Å². The van der Waals surface area contributed by atoms with E-state index in [4.69, 9.17) is 14.0 Å². The third-order valence-corrected chi connectivity index (χ3v) is 6.40. The molecule has 0 saturated carbocycles. The summed E-state index contributed by atoms with van der Waals surface area (Å²) in [5.41, 5.74) is 1.35. The predicted octanol–water partition coefficient (Wildman–Crippen LogP) is 2.43. The minimum absolute atomic E-state index is 0.228. The quantitative estimate of drug-likeness (QED) is 0.648. The van der Waals surface area contributed by atoms with Gasteiger partial charge in [-0.05, 0) is 36.4 Å². The van der Waals surface area contributed by atoms with Gasteiger partial charge in [0.1, 0.15) is 5.75 Å². The average molecular weight is 401 g/mol. The minimum atomic E-state index is -3.54. The number of hydrogen-bond acceptors (Lipinski definition) is 7. The monoisotopic (exact) mass is 401 g/mol. The molecular formula is C19H19N3O5S. The van der Waals surface area contributed by atoms with Gasteiger partial charge >= 0.3 is 0 Å². The number of nitrogens with zero attached hydrogens (tertiary/aromatic N) is 3. The molecule has 9 heteroatoms. The summed E-state index contributed by atoms with van der Waals surface area (Å²) in [4.78, 5) is 4.64. The molecule has 146 valence electrons. The molecule has 0 radical (unpaired) electrons. The highest BCUT2D eigenvalue weighted by Gasteiger charge is 2.26. The zero-order valence-electron chi connectivity index (χ0n) is 15.2. The fraction of sp³-hybridized carbons (Fsp3) is 0.263. The molecule has 0 spiro atoms. The van der Waals surface area contributed by atoms with E-state index in [0.29, 0.717) is 54.9 Å². The Morgan fingerprint density at radius 3 is 2.46 bits per heavy atom. The van der Waals surface area contributed by atoms with E-state index in [9.17, 15) is 8.42 Å². The van der Waals surface area contributed by atoms with E-state index in [0.717, 1.165) is 0 Å². The molecule has 0 amide bonds. The Hall–Kier alpha value is -2.75. The second-order valence-electron chi connectivity index (χ2n) is 6.16. The van der Waals surface area contributed by atoms with Gasteiger partial charge in [-0.2, -0.15) is 9.29 Å². The summed E-state index contributed by atoms with van der Waals surface area (Å²) >= 11 is 0. The van der Waals surface area contributed by atoms with Gasteiger partial charge in [-0.1, -0.05) is 17.3 Å². The van der Waals surface area contributed by atoms with E-state index in [-0.39, 0.29) is 4.90 Å². The number of hydrogen-bond donors (Lipinski definition) is 0. The lowest BCUT2D eigenvalue weighted by Crippen LogP contribution is -2.40. The number of rotatable bonds is 5. The molecule has 0 atom stereocenters. The van der Waals surface area contributed by atoms with E-state index < -0.39 is 10.0 Å². The summed E-state index contributed by atoms with van der Waals surface area (Å²) in [6.07, 6.45) is 0. The third-order valence-electron chi connectivity index (χ3n) is 4.48. The lowest BCUT2D eigenvalue weighted by atomic mass is 10.2.